The minimum absolute atomic E-state index is 0.690. The Labute approximate surface area is 63.9 Å². The third-order valence-electron chi connectivity index (χ3n) is 0.413. The van der Waals surface area contributed by atoms with Crippen molar-refractivity contribution in [2.45, 2.75) is 0 Å². The van der Waals surface area contributed by atoms with E-state index < -0.39 is 15.8 Å². The topological polar surface area (TPSA) is 21.6 Å². The van der Waals surface area contributed by atoms with Gasteiger partial charge in [0.2, 0.25) is 0 Å². The molecule has 0 aliphatic rings. The fraction of sp³-hybridized carbons (Fsp3) is 0.500. The number of nitrogens with zero attached hydrogens (tertiary/aromatic N) is 1. The maximum atomic E-state index is 11.3. The van der Waals surface area contributed by atoms with Crippen LogP contribution in [-0.2, 0) is 4.74 Å². The molecule has 11 heavy (non-hydrogen) atoms. The van der Waals surface area contributed by atoms with Crippen molar-refractivity contribution in [3.05, 3.63) is 0 Å². The maximum absolute atomic E-state index is 11.3. The molecule has 0 atom stereocenters. The summed E-state index contributed by atoms with van der Waals surface area (Å²) < 4.78 is 61.1. The summed E-state index contributed by atoms with van der Waals surface area (Å²) in [4.78, 5) is 0. The fourth-order valence-electron chi connectivity index (χ4n) is 0.173. The van der Waals surface area contributed by atoms with Crippen LogP contribution in [0.1, 0.15) is 0 Å². The van der Waals surface area contributed by atoms with Gasteiger partial charge in [-0.05, 0) is 11.6 Å². The zero-order valence-electron chi connectivity index (χ0n) is 5.03. The molecule has 0 rings (SSSR count). The molecular formula is C2H3ClF5NOS. The molecule has 0 aromatic heterocycles. The quantitative estimate of drug-likeness (QED) is 0.376. The van der Waals surface area contributed by atoms with E-state index in [1.807, 2.05) is 0 Å². The summed E-state index contributed by atoms with van der Waals surface area (Å²) in [7, 11) is -9.10. The Balaban J connectivity index is 4.91. The van der Waals surface area contributed by atoms with E-state index in [0.29, 0.717) is 7.11 Å². The summed E-state index contributed by atoms with van der Waals surface area (Å²) in [5.41, 5.74) is 0. The predicted molar refractivity (Wildman–Crippen MR) is 33.4 cm³/mol. The molecule has 70 valence electrons. The van der Waals surface area contributed by atoms with Crippen molar-refractivity contribution in [2.24, 2.45) is 4.40 Å². The first-order valence-electron chi connectivity index (χ1n) is 1.98. The highest BCUT2D eigenvalue weighted by molar-refractivity contribution is 8.44. The molecule has 0 saturated heterocycles. The van der Waals surface area contributed by atoms with Crippen LogP contribution in [0.15, 0.2) is 4.40 Å². The molecule has 0 N–H and O–H groups in total. The van der Waals surface area contributed by atoms with Crippen molar-refractivity contribution in [3.8, 4) is 0 Å². The largest absolute Gasteiger partial charge is 0.472 e. The summed E-state index contributed by atoms with van der Waals surface area (Å²) in [6.45, 7) is 0. The van der Waals surface area contributed by atoms with Gasteiger partial charge in [0.25, 0.3) is 0 Å². The highest BCUT2D eigenvalue weighted by Crippen LogP contribution is 2.99. The van der Waals surface area contributed by atoms with Gasteiger partial charge in [-0.2, -0.15) is 0 Å². The molecule has 0 heterocycles. The molecule has 0 bridgehead atoms. The van der Waals surface area contributed by atoms with Gasteiger partial charge in [-0.3, -0.25) is 0 Å². The van der Waals surface area contributed by atoms with Crippen molar-refractivity contribution in [3.63, 3.8) is 0 Å². The summed E-state index contributed by atoms with van der Waals surface area (Å²) >= 11 is 4.49. The van der Waals surface area contributed by atoms with Gasteiger partial charge in [-0.15, -0.1) is 0 Å². The molecule has 0 unspecified atom stereocenters. The Hall–Kier alpha value is -0.240. The predicted octanol–water partition coefficient (Wildman–Crippen LogP) is 3.44. The summed E-state index contributed by atoms with van der Waals surface area (Å²) in [6.07, 6.45) is 0. The van der Waals surface area contributed by atoms with Crippen molar-refractivity contribution in [1.82, 2.24) is 0 Å². The average molecular weight is 220 g/mol. The minimum Gasteiger partial charge on any atom is -0.472 e. The SMILES string of the molecule is CO/C(Cl)=N/S(F)(F)(F)(F)F. The van der Waals surface area contributed by atoms with E-state index in [-0.39, 0.29) is 0 Å². The summed E-state index contributed by atoms with van der Waals surface area (Å²) in [5.74, 6) is 0. The van der Waals surface area contributed by atoms with E-state index in [0.717, 1.165) is 4.40 Å². The van der Waals surface area contributed by atoms with Gasteiger partial charge in [0.15, 0.2) is 0 Å². The first-order chi connectivity index (χ1) is 4.43. The number of halogens is 6. The molecule has 0 aliphatic heterocycles. The molecule has 9 heteroatoms. The standard InChI is InChI=1S/C2H3ClF5NOS/c1-10-2(3)9-11(4,5,6,7)8/h1H3/b9-2+. The zero-order valence-corrected chi connectivity index (χ0v) is 6.60. The lowest BCUT2D eigenvalue weighted by Gasteiger charge is -2.34. The number of methoxy groups -OCH3 is 1. The van der Waals surface area contributed by atoms with Crippen LogP contribution in [0.3, 0.4) is 0 Å². The molecule has 0 aliphatic carbocycles. The van der Waals surface area contributed by atoms with E-state index >= 15 is 0 Å². The van der Waals surface area contributed by atoms with Crippen LogP contribution in [0.5, 0.6) is 0 Å². The molecule has 0 aromatic carbocycles. The van der Waals surface area contributed by atoms with Crippen LogP contribution in [0.25, 0.3) is 0 Å². The third kappa shape index (κ3) is 7.66. The van der Waals surface area contributed by atoms with Crippen LogP contribution < -0.4 is 0 Å². The first-order valence-corrected chi connectivity index (χ1v) is 4.27. The lowest BCUT2D eigenvalue weighted by atomic mass is 11.4. The van der Waals surface area contributed by atoms with Gasteiger partial charge in [0, 0.05) is 0 Å². The van der Waals surface area contributed by atoms with Crippen molar-refractivity contribution in [2.75, 3.05) is 7.11 Å². The van der Waals surface area contributed by atoms with Gasteiger partial charge in [0.1, 0.15) is 0 Å². The number of hydrogen-bond acceptors (Lipinski definition) is 2. The van der Waals surface area contributed by atoms with Crippen molar-refractivity contribution in [1.29, 1.82) is 0 Å². The highest BCUT2D eigenvalue weighted by atomic mass is 35.5. The number of rotatable bonds is 1. The van der Waals surface area contributed by atoms with Gasteiger partial charge >= 0.3 is 15.8 Å². The second-order valence-corrected chi connectivity index (χ2v) is 3.84. The lowest BCUT2D eigenvalue weighted by molar-refractivity contribution is 0.359. The Kier molecular flexibility index (Phi) is 1.88. The number of hydrogen-bond donors (Lipinski definition) is 0. The normalized spacial score (nSPS) is 20.5. The molecule has 2 nitrogen and oxygen atoms in total. The summed E-state index contributed by atoms with van der Waals surface area (Å²) in [5, 5.41) is -1.64. The fourth-order valence-corrected chi connectivity index (χ4v) is 0.910. The van der Waals surface area contributed by atoms with Gasteiger partial charge in [-0.25, -0.2) is 0 Å². The minimum atomic E-state index is -9.79. The van der Waals surface area contributed by atoms with Crippen LogP contribution in [0, 0.1) is 0 Å². The Bertz CT molecular complexity index is 194. The second-order valence-electron chi connectivity index (χ2n) is 1.48. The van der Waals surface area contributed by atoms with Crippen LogP contribution >= 0.6 is 22.0 Å². The molecule has 0 radical (unpaired) electrons. The van der Waals surface area contributed by atoms with E-state index in [4.69, 9.17) is 0 Å². The number of ether oxygens (including phenoxy) is 1. The zero-order chi connectivity index (χ0) is 9.40. The molecule has 0 aromatic rings. The van der Waals surface area contributed by atoms with Crippen LogP contribution in [-0.4, -0.2) is 12.5 Å². The monoisotopic (exact) mass is 219 g/mol. The molecular weight excluding hydrogens is 217 g/mol. The van der Waals surface area contributed by atoms with Gasteiger partial charge in [0.05, 0.1) is 7.11 Å². The Morgan fingerprint density at radius 2 is 1.64 bits per heavy atom. The molecule has 0 spiro atoms. The molecule has 0 fully saturated rings. The van der Waals surface area contributed by atoms with E-state index in [9.17, 15) is 19.4 Å². The van der Waals surface area contributed by atoms with Crippen molar-refractivity contribution >= 4 is 27.4 Å². The smallest absolute Gasteiger partial charge is 0.385 e. The van der Waals surface area contributed by atoms with E-state index in [1.165, 1.54) is 0 Å². The summed E-state index contributed by atoms with van der Waals surface area (Å²) in [6, 6.07) is 0. The molecule has 0 amide bonds. The van der Waals surface area contributed by atoms with Crippen LogP contribution in [0.4, 0.5) is 19.4 Å². The first kappa shape index (κ1) is 10.8. The highest BCUT2D eigenvalue weighted by Gasteiger charge is 2.64. The third-order valence-corrected chi connectivity index (χ3v) is 1.26. The van der Waals surface area contributed by atoms with Crippen LogP contribution in [0.2, 0.25) is 0 Å². The maximum Gasteiger partial charge on any atom is 0.385 e. The van der Waals surface area contributed by atoms with E-state index in [2.05, 4.69) is 16.3 Å². The second kappa shape index (κ2) is 1.92. The van der Waals surface area contributed by atoms with Crippen molar-refractivity contribution < 1.29 is 24.2 Å². The van der Waals surface area contributed by atoms with Gasteiger partial charge < -0.3 is 4.74 Å². The Morgan fingerprint density at radius 3 is 1.73 bits per heavy atom. The van der Waals surface area contributed by atoms with E-state index in [1.54, 1.807) is 0 Å². The average Bonchev–Trinajstić information content (AvgIpc) is 1.57. The van der Waals surface area contributed by atoms with Gasteiger partial charge in [-0.1, -0.05) is 23.8 Å². The Morgan fingerprint density at radius 1 is 1.27 bits per heavy atom. The lowest BCUT2D eigenvalue weighted by Crippen LogP contribution is -2.04. The molecule has 0 saturated carbocycles.